The third kappa shape index (κ3) is 2.35. The first-order chi connectivity index (χ1) is 10.7. The maximum Gasteiger partial charge on any atom is 0.140 e. The van der Waals surface area contributed by atoms with Crippen LogP contribution >= 0.6 is 0 Å². The minimum absolute atomic E-state index is 0.147. The third-order valence-corrected chi connectivity index (χ3v) is 5.16. The van der Waals surface area contributed by atoms with Crippen LogP contribution < -0.4 is 0 Å². The highest BCUT2D eigenvalue weighted by Crippen LogP contribution is 2.32. The van der Waals surface area contributed by atoms with Gasteiger partial charge in [-0.25, -0.2) is 4.39 Å². The summed E-state index contributed by atoms with van der Waals surface area (Å²) in [4.78, 5) is 2.38. The van der Waals surface area contributed by atoms with Crippen molar-refractivity contribution in [1.82, 2.24) is 10.1 Å². The first-order valence-electron chi connectivity index (χ1n) is 8.21. The number of fused-ring (bicyclic) bond motifs is 2. The maximum absolute atomic E-state index is 13.6. The molecule has 0 bridgehead atoms. The summed E-state index contributed by atoms with van der Waals surface area (Å²) >= 11 is 0. The third-order valence-electron chi connectivity index (χ3n) is 5.16. The second-order valence-electron chi connectivity index (χ2n) is 6.48. The number of halogens is 1. The molecule has 0 radical (unpaired) electrons. The fraction of sp³-hybridized carbons (Fsp3) is 0.500. The molecule has 1 unspecified atom stereocenters. The average molecular weight is 300 g/mol. The second kappa shape index (κ2) is 5.51. The molecule has 1 aromatic carbocycles. The van der Waals surface area contributed by atoms with Gasteiger partial charge < -0.3 is 4.52 Å². The van der Waals surface area contributed by atoms with Crippen LogP contribution in [-0.2, 0) is 25.8 Å². The molecule has 0 N–H and O–H groups in total. The summed E-state index contributed by atoms with van der Waals surface area (Å²) in [7, 11) is 0. The number of hydrogen-bond acceptors (Lipinski definition) is 3. The van der Waals surface area contributed by atoms with Crippen LogP contribution in [0.5, 0.6) is 0 Å². The minimum atomic E-state index is -0.147. The SMILES string of the molecule is CC1c2cc(F)ccc2CCN1Cc1noc2c1CCCC2. The Morgan fingerprint density at radius 1 is 1.27 bits per heavy atom. The molecule has 2 aliphatic rings. The zero-order valence-corrected chi connectivity index (χ0v) is 12.9. The van der Waals surface area contributed by atoms with Gasteiger partial charge in [-0.15, -0.1) is 0 Å². The quantitative estimate of drug-likeness (QED) is 0.844. The molecular weight excluding hydrogens is 279 g/mol. The molecule has 22 heavy (non-hydrogen) atoms. The summed E-state index contributed by atoms with van der Waals surface area (Å²) in [6.45, 7) is 3.95. The number of rotatable bonds is 2. The van der Waals surface area contributed by atoms with E-state index < -0.39 is 0 Å². The van der Waals surface area contributed by atoms with Gasteiger partial charge in [0.2, 0.25) is 0 Å². The van der Waals surface area contributed by atoms with Gasteiger partial charge in [-0.2, -0.15) is 0 Å². The van der Waals surface area contributed by atoms with Crippen molar-refractivity contribution in [3.63, 3.8) is 0 Å². The lowest BCUT2D eigenvalue weighted by molar-refractivity contribution is 0.183. The first kappa shape index (κ1) is 13.9. The van der Waals surface area contributed by atoms with Crippen LogP contribution in [0, 0.1) is 5.82 Å². The predicted octanol–water partition coefficient (Wildman–Crippen LogP) is 3.81. The fourth-order valence-electron chi connectivity index (χ4n) is 3.82. The van der Waals surface area contributed by atoms with E-state index in [4.69, 9.17) is 4.52 Å². The van der Waals surface area contributed by atoms with Gasteiger partial charge in [-0.05, 0) is 55.9 Å². The van der Waals surface area contributed by atoms with Gasteiger partial charge in [0.15, 0.2) is 0 Å². The van der Waals surface area contributed by atoms with Crippen molar-refractivity contribution in [2.75, 3.05) is 6.54 Å². The Balaban J connectivity index is 1.58. The lowest BCUT2D eigenvalue weighted by Gasteiger charge is -2.35. The largest absolute Gasteiger partial charge is 0.361 e. The highest BCUT2D eigenvalue weighted by atomic mass is 19.1. The summed E-state index contributed by atoms with van der Waals surface area (Å²) in [6, 6.07) is 5.39. The van der Waals surface area contributed by atoms with Crippen molar-refractivity contribution in [3.8, 4) is 0 Å². The van der Waals surface area contributed by atoms with E-state index in [0.29, 0.717) is 0 Å². The molecule has 0 saturated carbocycles. The van der Waals surface area contributed by atoms with Gasteiger partial charge >= 0.3 is 0 Å². The van der Waals surface area contributed by atoms with Crippen LogP contribution in [0.25, 0.3) is 0 Å². The van der Waals surface area contributed by atoms with Crippen molar-refractivity contribution < 1.29 is 8.91 Å². The summed E-state index contributed by atoms with van der Waals surface area (Å²) in [6.07, 6.45) is 5.51. The van der Waals surface area contributed by atoms with Crippen LogP contribution in [0.3, 0.4) is 0 Å². The Hall–Kier alpha value is -1.68. The molecule has 0 spiro atoms. The smallest absolute Gasteiger partial charge is 0.140 e. The lowest BCUT2D eigenvalue weighted by atomic mass is 9.92. The van der Waals surface area contributed by atoms with Crippen molar-refractivity contribution in [2.45, 2.75) is 51.6 Å². The van der Waals surface area contributed by atoms with Crippen molar-refractivity contribution in [1.29, 1.82) is 0 Å². The molecule has 0 amide bonds. The van der Waals surface area contributed by atoms with E-state index in [9.17, 15) is 4.39 Å². The summed E-state index contributed by atoms with van der Waals surface area (Å²) in [5, 5.41) is 4.31. The number of aromatic nitrogens is 1. The van der Waals surface area contributed by atoms with E-state index in [1.807, 2.05) is 6.07 Å². The van der Waals surface area contributed by atoms with E-state index in [-0.39, 0.29) is 11.9 Å². The molecule has 1 aliphatic carbocycles. The summed E-state index contributed by atoms with van der Waals surface area (Å²) < 4.78 is 19.1. The van der Waals surface area contributed by atoms with Crippen molar-refractivity contribution in [2.24, 2.45) is 0 Å². The van der Waals surface area contributed by atoms with Crippen LogP contribution in [0.4, 0.5) is 4.39 Å². The molecule has 0 fully saturated rings. The van der Waals surface area contributed by atoms with Crippen LogP contribution in [0.2, 0.25) is 0 Å². The van der Waals surface area contributed by atoms with Crippen molar-refractivity contribution >= 4 is 0 Å². The van der Waals surface area contributed by atoms with E-state index in [0.717, 1.165) is 49.4 Å². The van der Waals surface area contributed by atoms with Gasteiger partial charge in [0, 0.05) is 31.1 Å². The molecule has 4 heteroatoms. The maximum atomic E-state index is 13.6. The topological polar surface area (TPSA) is 29.3 Å². The normalized spacial score (nSPS) is 21.5. The molecule has 2 heterocycles. The van der Waals surface area contributed by atoms with E-state index >= 15 is 0 Å². The monoisotopic (exact) mass is 300 g/mol. The van der Waals surface area contributed by atoms with Crippen molar-refractivity contribution in [3.05, 3.63) is 52.2 Å². The van der Waals surface area contributed by atoms with Gasteiger partial charge in [0.05, 0.1) is 0 Å². The standard InChI is InChI=1S/C18H21FN2O/c1-12-16-10-14(19)7-6-13(16)8-9-21(12)11-17-15-4-2-3-5-18(15)22-20-17/h6-7,10,12H,2-5,8-9,11H2,1H3. The number of nitrogens with zero attached hydrogens (tertiary/aromatic N) is 2. The number of aryl methyl sites for hydroxylation is 1. The van der Waals surface area contributed by atoms with Crippen LogP contribution in [-0.4, -0.2) is 16.6 Å². The molecule has 1 atom stereocenters. The average Bonchev–Trinajstić information content (AvgIpc) is 2.94. The van der Waals surface area contributed by atoms with Gasteiger partial charge in [-0.3, -0.25) is 4.90 Å². The van der Waals surface area contributed by atoms with Gasteiger partial charge in [-0.1, -0.05) is 11.2 Å². The second-order valence-corrected chi connectivity index (χ2v) is 6.48. The predicted molar refractivity (Wildman–Crippen MR) is 82.1 cm³/mol. The molecular formula is C18H21FN2O. The van der Waals surface area contributed by atoms with E-state index in [1.165, 1.54) is 24.0 Å². The summed E-state index contributed by atoms with van der Waals surface area (Å²) in [5.74, 6) is 0.934. The van der Waals surface area contributed by atoms with E-state index in [2.05, 4.69) is 17.0 Å². The Morgan fingerprint density at radius 3 is 3.05 bits per heavy atom. The minimum Gasteiger partial charge on any atom is -0.361 e. The zero-order valence-electron chi connectivity index (χ0n) is 12.9. The van der Waals surface area contributed by atoms with Gasteiger partial charge in [0.1, 0.15) is 17.3 Å². The lowest BCUT2D eigenvalue weighted by Crippen LogP contribution is -2.34. The van der Waals surface area contributed by atoms with Crippen LogP contribution in [0.1, 0.15) is 54.0 Å². The Bertz CT molecular complexity index is 694. The Labute approximate surface area is 130 Å². The van der Waals surface area contributed by atoms with Crippen LogP contribution in [0.15, 0.2) is 22.7 Å². The Morgan fingerprint density at radius 2 is 2.14 bits per heavy atom. The molecule has 116 valence electrons. The fourth-order valence-corrected chi connectivity index (χ4v) is 3.82. The molecule has 1 aromatic heterocycles. The first-order valence-corrected chi connectivity index (χ1v) is 8.21. The van der Waals surface area contributed by atoms with Gasteiger partial charge in [0.25, 0.3) is 0 Å². The number of benzene rings is 1. The Kier molecular flexibility index (Phi) is 3.49. The molecule has 2 aromatic rings. The highest BCUT2D eigenvalue weighted by Gasteiger charge is 2.27. The molecule has 3 nitrogen and oxygen atoms in total. The molecule has 1 aliphatic heterocycles. The molecule has 0 saturated heterocycles. The molecule has 4 rings (SSSR count). The van der Waals surface area contributed by atoms with E-state index in [1.54, 1.807) is 12.1 Å². The number of hydrogen-bond donors (Lipinski definition) is 0. The zero-order chi connectivity index (χ0) is 15.1. The summed E-state index contributed by atoms with van der Waals surface area (Å²) in [5.41, 5.74) is 4.79. The highest BCUT2D eigenvalue weighted by molar-refractivity contribution is 5.33.